The number of hydrogen-bond acceptors (Lipinski definition) is 2. The number of nitrogens with one attached hydrogen (secondary N) is 1. The molecule has 0 aliphatic heterocycles. The molecule has 3 unspecified atom stereocenters. The normalized spacial score (nSPS) is 26.0. The summed E-state index contributed by atoms with van der Waals surface area (Å²) in [6.45, 7) is 10.2. The van der Waals surface area contributed by atoms with E-state index in [2.05, 4.69) is 63.0 Å². The SMILES string of the molecule is CCCNC1CCC(CC)CC1Sc1ccc(C)cc1C. The fraction of sp³-hybridized carbons (Fsp3) is 0.684. The highest BCUT2D eigenvalue weighted by molar-refractivity contribution is 8.00. The van der Waals surface area contributed by atoms with Crippen LogP contribution in [0.25, 0.3) is 0 Å². The third-order valence-electron chi connectivity index (χ3n) is 4.74. The molecule has 3 atom stereocenters. The van der Waals surface area contributed by atoms with E-state index in [1.54, 1.807) is 0 Å². The summed E-state index contributed by atoms with van der Waals surface area (Å²) in [6, 6.07) is 7.58. The van der Waals surface area contributed by atoms with Crippen LogP contribution in [-0.4, -0.2) is 17.8 Å². The molecular weight excluding hydrogens is 274 g/mol. The summed E-state index contributed by atoms with van der Waals surface area (Å²) in [4.78, 5) is 1.48. The first-order valence-electron chi connectivity index (χ1n) is 8.61. The van der Waals surface area contributed by atoms with E-state index in [4.69, 9.17) is 0 Å². The maximum absolute atomic E-state index is 3.80. The molecule has 1 aliphatic carbocycles. The minimum atomic E-state index is 0.693. The van der Waals surface area contributed by atoms with E-state index in [1.165, 1.54) is 48.1 Å². The molecule has 0 radical (unpaired) electrons. The van der Waals surface area contributed by atoms with Crippen molar-refractivity contribution in [1.82, 2.24) is 5.32 Å². The first kappa shape index (κ1) is 16.9. The van der Waals surface area contributed by atoms with E-state index in [9.17, 15) is 0 Å². The second kappa shape index (κ2) is 8.24. The van der Waals surface area contributed by atoms with Gasteiger partial charge in [0.2, 0.25) is 0 Å². The highest BCUT2D eigenvalue weighted by Gasteiger charge is 2.30. The van der Waals surface area contributed by atoms with Crippen molar-refractivity contribution in [3.63, 3.8) is 0 Å². The molecule has 0 bridgehead atoms. The monoisotopic (exact) mass is 305 g/mol. The summed E-state index contributed by atoms with van der Waals surface area (Å²) in [5, 5.41) is 4.53. The van der Waals surface area contributed by atoms with Crippen molar-refractivity contribution in [3.05, 3.63) is 29.3 Å². The highest BCUT2D eigenvalue weighted by Crippen LogP contribution is 2.38. The van der Waals surface area contributed by atoms with Gasteiger partial charge >= 0.3 is 0 Å². The molecule has 1 aromatic carbocycles. The highest BCUT2D eigenvalue weighted by atomic mass is 32.2. The zero-order valence-corrected chi connectivity index (χ0v) is 14.9. The summed E-state index contributed by atoms with van der Waals surface area (Å²) in [6.07, 6.45) is 6.69. The number of thioether (sulfide) groups is 1. The van der Waals surface area contributed by atoms with Crippen molar-refractivity contribution in [2.24, 2.45) is 5.92 Å². The Morgan fingerprint density at radius 3 is 2.67 bits per heavy atom. The van der Waals surface area contributed by atoms with Gasteiger partial charge in [0.05, 0.1) is 0 Å². The van der Waals surface area contributed by atoms with Crippen molar-refractivity contribution in [2.45, 2.75) is 76.0 Å². The first-order chi connectivity index (χ1) is 10.1. The van der Waals surface area contributed by atoms with Crippen LogP contribution in [0.3, 0.4) is 0 Å². The molecule has 1 N–H and O–H groups in total. The zero-order chi connectivity index (χ0) is 15.2. The van der Waals surface area contributed by atoms with E-state index in [0.717, 1.165) is 17.7 Å². The molecule has 1 nitrogen and oxygen atoms in total. The minimum absolute atomic E-state index is 0.693. The molecular formula is C19H31NS. The molecule has 118 valence electrons. The molecule has 1 aromatic rings. The number of hydrogen-bond donors (Lipinski definition) is 1. The van der Waals surface area contributed by atoms with Crippen molar-refractivity contribution < 1.29 is 0 Å². The molecule has 2 heteroatoms. The Hall–Kier alpha value is -0.470. The Labute approximate surface area is 135 Å². The summed E-state index contributed by atoms with van der Waals surface area (Å²) < 4.78 is 0. The van der Waals surface area contributed by atoms with Gasteiger partial charge in [0, 0.05) is 16.2 Å². The quantitative estimate of drug-likeness (QED) is 0.761. The van der Waals surface area contributed by atoms with E-state index in [1.807, 2.05) is 0 Å². The lowest BCUT2D eigenvalue weighted by Gasteiger charge is -2.36. The first-order valence-corrected chi connectivity index (χ1v) is 9.49. The van der Waals surface area contributed by atoms with Gasteiger partial charge in [-0.1, -0.05) is 38.0 Å². The van der Waals surface area contributed by atoms with Gasteiger partial charge in [0.15, 0.2) is 0 Å². The van der Waals surface area contributed by atoms with Gasteiger partial charge in [-0.3, -0.25) is 0 Å². The van der Waals surface area contributed by atoms with Gasteiger partial charge in [-0.05, 0) is 63.6 Å². The molecule has 0 aromatic heterocycles. The predicted octanol–water partition coefficient (Wildman–Crippen LogP) is 5.34. The average Bonchev–Trinajstić information content (AvgIpc) is 2.48. The average molecular weight is 306 g/mol. The van der Waals surface area contributed by atoms with Crippen LogP contribution in [0.2, 0.25) is 0 Å². The molecule has 0 amide bonds. The second-order valence-corrected chi connectivity index (χ2v) is 7.85. The Kier molecular flexibility index (Phi) is 6.63. The number of benzene rings is 1. The van der Waals surface area contributed by atoms with Crippen LogP contribution in [0.5, 0.6) is 0 Å². The molecule has 1 saturated carbocycles. The largest absolute Gasteiger partial charge is 0.313 e. The molecule has 2 rings (SSSR count). The van der Waals surface area contributed by atoms with Gasteiger partial charge in [-0.2, -0.15) is 0 Å². The van der Waals surface area contributed by atoms with Crippen LogP contribution in [-0.2, 0) is 0 Å². The maximum Gasteiger partial charge on any atom is 0.0251 e. The second-order valence-electron chi connectivity index (χ2n) is 6.57. The van der Waals surface area contributed by atoms with E-state index in [0.29, 0.717) is 6.04 Å². The standard InChI is InChI=1S/C19H31NS/c1-5-11-20-17-9-8-16(6-2)13-19(17)21-18-10-7-14(3)12-15(18)4/h7,10,12,16-17,19-20H,5-6,8-9,11,13H2,1-4H3. The Morgan fingerprint density at radius 2 is 2.00 bits per heavy atom. The number of rotatable bonds is 6. The van der Waals surface area contributed by atoms with Crippen molar-refractivity contribution in [1.29, 1.82) is 0 Å². The topological polar surface area (TPSA) is 12.0 Å². The Balaban J connectivity index is 2.07. The van der Waals surface area contributed by atoms with E-state index in [-0.39, 0.29) is 0 Å². The Morgan fingerprint density at radius 1 is 1.19 bits per heavy atom. The van der Waals surface area contributed by atoms with Crippen LogP contribution in [0.1, 0.15) is 57.1 Å². The van der Waals surface area contributed by atoms with Gasteiger partial charge in [0.1, 0.15) is 0 Å². The van der Waals surface area contributed by atoms with Crippen molar-refractivity contribution >= 4 is 11.8 Å². The van der Waals surface area contributed by atoms with Crippen LogP contribution in [0.4, 0.5) is 0 Å². The van der Waals surface area contributed by atoms with Crippen molar-refractivity contribution in [2.75, 3.05) is 6.54 Å². The fourth-order valence-corrected chi connectivity index (χ4v) is 4.85. The number of aryl methyl sites for hydroxylation is 2. The maximum atomic E-state index is 3.80. The van der Waals surface area contributed by atoms with Crippen LogP contribution in [0.15, 0.2) is 23.1 Å². The van der Waals surface area contributed by atoms with Crippen LogP contribution < -0.4 is 5.32 Å². The third kappa shape index (κ3) is 4.75. The lowest BCUT2D eigenvalue weighted by atomic mass is 9.84. The van der Waals surface area contributed by atoms with E-state index < -0.39 is 0 Å². The molecule has 1 fully saturated rings. The van der Waals surface area contributed by atoms with Crippen LogP contribution in [0, 0.1) is 19.8 Å². The summed E-state index contributed by atoms with van der Waals surface area (Å²) in [5.74, 6) is 0.924. The smallest absolute Gasteiger partial charge is 0.0251 e. The molecule has 0 heterocycles. The van der Waals surface area contributed by atoms with Crippen LogP contribution >= 0.6 is 11.8 Å². The third-order valence-corrected chi connectivity index (χ3v) is 6.28. The molecule has 0 saturated heterocycles. The lowest BCUT2D eigenvalue weighted by molar-refractivity contribution is 0.295. The Bertz CT molecular complexity index is 443. The lowest BCUT2D eigenvalue weighted by Crippen LogP contribution is -2.42. The summed E-state index contributed by atoms with van der Waals surface area (Å²) in [5.41, 5.74) is 2.81. The van der Waals surface area contributed by atoms with Gasteiger partial charge in [-0.25, -0.2) is 0 Å². The minimum Gasteiger partial charge on any atom is -0.313 e. The molecule has 21 heavy (non-hydrogen) atoms. The van der Waals surface area contributed by atoms with E-state index >= 15 is 0 Å². The molecule has 0 spiro atoms. The predicted molar refractivity (Wildman–Crippen MR) is 95.3 cm³/mol. The summed E-state index contributed by atoms with van der Waals surface area (Å²) >= 11 is 2.12. The molecule has 1 aliphatic rings. The summed E-state index contributed by atoms with van der Waals surface area (Å²) in [7, 11) is 0. The van der Waals surface area contributed by atoms with Crippen molar-refractivity contribution in [3.8, 4) is 0 Å². The van der Waals surface area contributed by atoms with Gasteiger partial charge < -0.3 is 5.32 Å². The zero-order valence-electron chi connectivity index (χ0n) is 14.1. The van der Waals surface area contributed by atoms with Gasteiger partial charge in [-0.15, -0.1) is 11.8 Å². The van der Waals surface area contributed by atoms with Gasteiger partial charge in [0.25, 0.3) is 0 Å². The fourth-order valence-electron chi connectivity index (χ4n) is 3.37.